The van der Waals surface area contributed by atoms with E-state index in [9.17, 15) is 13.2 Å². The summed E-state index contributed by atoms with van der Waals surface area (Å²) in [6, 6.07) is 1.62. The zero-order valence-corrected chi connectivity index (χ0v) is 13.2. The fraction of sp³-hybridized carbons (Fsp3) is 0.273. The minimum Gasteiger partial charge on any atom is -0.476 e. The molecule has 0 saturated heterocycles. The third kappa shape index (κ3) is 3.23. The summed E-state index contributed by atoms with van der Waals surface area (Å²) < 4.78 is 26.7. The van der Waals surface area contributed by atoms with Gasteiger partial charge >= 0.3 is 5.97 Å². The van der Waals surface area contributed by atoms with Gasteiger partial charge in [-0.05, 0) is 19.9 Å². The molecule has 108 valence electrons. The highest BCUT2D eigenvalue weighted by atomic mass is 32.2. The molecule has 20 heavy (non-hydrogen) atoms. The third-order valence-electron chi connectivity index (χ3n) is 2.47. The van der Waals surface area contributed by atoms with Crippen LogP contribution in [0.3, 0.4) is 0 Å². The molecule has 0 saturated carbocycles. The van der Waals surface area contributed by atoms with Crippen LogP contribution >= 0.6 is 22.7 Å². The highest BCUT2D eigenvalue weighted by Crippen LogP contribution is 2.25. The summed E-state index contributed by atoms with van der Waals surface area (Å²) in [5.74, 6) is -1.13. The summed E-state index contributed by atoms with van der Waals surface area (Å²) in [4.78, 5) is 16.4. The Labute approximate surface area is 124 Å². The lowest BCUT2D eigenvalue weighted by Crippen LogP contribution is -2.23. The number of carboxylic acids is 1. The van der Waals surface area contributed by atoms with Crippen LogP contribution < -0.4 is 4.72 Å². The van der Waals surface area contributed by atoms with Crippen LogP contribution in [0.25, 0.3) is 0 Å². The maximum Gasteiger partial charge on any atom is 0.355 e. The molecule has 2 N–H and O–H groups in total. The van der Waals surface area contributed by atoms with Crippen LogP contribution in [-0.4, -0.2) is 24.5 Å². The number of sulfonamides is 1. The number of aromatic carboxylic acids is 1. The standard InChI is InChI=1S/C11H12N2O4S3/c1-6-3-9(7(2)19-6)20(16,17)12-4-10-13-8(5-18-10)11(14)15/h3,5,12H,4H2,1-2H3,(H,14,15). The van der Waals surface area contributed by atoms with Crippen molar-refractivity contribution in [2.24, 2.45) is 0 Å². The molecule has 0 amide bonds. The fourth-order valence-corrected chi connectivity index (χ4v) is 4.94. The number of hydrogen-bond acceptors (Lipinski definition) is 6. The Balaban J connectivity index is 2.13. The number of carboxylic acid groups (broad SMARTS) is 1. The van der Waals surface area contributed by atoms with Crippen LogP contribution in [0, 0.1) is 13.8 Å². The molecule has 9 heteroatoms. The van der Waals surface area contributed by atoms with Crippen molar-refractivity contribution < 1.29 is 18.3 Å². The van der Waals surface area contributed by atoms with E-state index in [1.807, 2.05) is 6.92 Å². The molecule has 6 nitrogen and oxygen atoms in total. The van der Waals surface area contributed by atoms with Gasteiger partial charge in [0.2, 0.25) is 10.0 Å². The van der Waals surface area contributed by atoms with Crippen LogP contribution in [-0.2, 0) is 16.6 Å². The third-order valence-corrected chi connectivity index (χ3v) is 5.94. The Morgan fingerprint density at radius 3 is 2.65 bits per heavy atom. The molecule has 2 aromatic rings. The first-order chi connectivity index (χ1) is 9.29. The van der Waals surface area contributed by atoms with Crippen molar-refractivity contribution in [1.82, 2.24) is 9.71 Å². The van der Waals surface area contributed by atoms with E-state index in [0.717, 1.165) is 21.1 Å². The summed E-state index contributed by atoms with van der Waals surface area (Å²) >= 11 is 2.52. The van der Waals surface area contributed by atoms with E-state index in [2.05, 4.69) is 9.71 Å². The molecular weight excluding hydrogens is 320 g/mol. The van der Waals surface area contributed by atoms with Crippen molar-refractivity contribution in [3.8, 4) is 0 Å². The number of thiophene rings is 1. The fourth-order valence-electron chi connectivity index (χ4n) is 1.60. The normalized spacial score (nSPS) is 11.7. The second-order valence-corrected chi connectivity index (χ2v) is 8.17. The second kappa shape index (κ2) is 5.60. The van der Waals surface area contributed by atoms with Crippen LogP contribution in [0.2, 0.25) is 0 Å². The van der Waals surface area contributed by atoms with E-state index in [0.29, 0.717) is 5.01 Å². The summed E-state index contributed by atoms with van der Waals surface area (Å²) in [6.07, 6.45) is 0. The summed E-state index contributed by atoms with van der Waals surface area (Å²) in [5, 5.41) is 10.5. The van der Waals surface area contributed by atoms with E-state index < -0.39 is 16.0 Å². The number of nitrogens with one attached hydrogen (secondary N) is 1. The van der Waals surface area contributed by atoms with Crippen LogP contribution in [0.5, 0.6) is 0 Å². The van der Waals surface area contributed by atoms with Crippen molar-refractivity contribution in [2.45, 2.75) is 25.3 Å². The smallest absolute Gasteiger partial charge is 0.355 e. The molecule has 0 aliphatic carbocycles. The van der Waals surface area contributed by atoms with Crippen LogP contribution in [0.4, 0.5) is 0 Å². The van der Waals surface area contributed by atoms with Gasteiger partial charge in [-0.2, -0.15) is 0 Å². The van der Waals surface area contributed by atoms with Crippen molar-refractivity contribution >= 4 is 38.7 Å². The number of thiazole rings is 1. The Morgan fingerprint density at radius 2 is 2.15 bits per heavy atom. The van der Waals surface area contributed by atoms with Gasteiger partial charge in [-0.3, -0.25) is 0 Å². The number of nitrogens with zero attached hydrogens (tertiary/aromatic N) is 1. The van der Waals surface area contributed by atoms with Gasteiger partial charge in [0.1, 0.15) is 5.01 Å². The number of aromatic nitrogens is 1. The molecule has 2 rings (SSSR count). The van der Waals surface area contributed by atoms with Crippen molar-refractivity contribution in [1.29, 1.82) is 0 Å². The first-order valence-corrected chi connectivity index (χ1v) is 8.72. The number of hydrogen-bond donors (Lipinski definition) is 2. The molecule has 2 aromatic heterocycles. The Morgan fingerprint density at radius 1 is 1.45 bits per heavy atom. The second-order valence-electron chi connectivity index (χ2n) is 4.03. The predicted molar refractivity (Wildman–Crippen MR) is 76.9 cm³/mol. The first kappa shape index (κ1) is 15.1. The lowest BCUT2D eigenvalue weighted by atomic mass is 10.4. The van der Waals surface area contributed by atoms with Crippen molar-refractivity contribution in [3.63, 3.8) is 0 Å². The van der Waals surface area contributed by atoms with E-state index >= 15 is 0 Å². The molecule has 0 radical (unpaired) electrons. The molecular formula is C11H12N2O4S3. The molecule has 0 aliphatic heterocycles. The molecule has 0 bridgehead atoms. The van der Waals surface area contributed by atoms with Gasteiger partial charge in [-0.15, -0.1) is 22.7 Å². The average Bonchev–Trinajstić information content (AvgIpc) is 2.93. The van der Waals surface area contributed by atoms with Gasteiger partial charge in [0.25, 0.3) is 0 Å². The first-order valence-electron chi connectivity index (χ1n) is 5.54. The summed E-state index contributed by atoms with van der Waals surface area (Å²) in [6.45, 7) is 3.57. The monoisotopic (exact) mass is 332 g/mol. The lowest BCUT2D eigenvalue weighted by Gasteiger charge is -2.04. The predicted octanol–water partition coefficient (Wildman–Crippen LogP) is 2.00. The largest absolute Gasteiger partial charge is 0.476 e. The van der Waals surface area contributed by atoms with E-state index in [1.165, 1.54) is 16.7 Å². The van der Waals surface area contributed by atoms with Gasteiger partial charge in [-0.25, -0.2) is 22.9 Å². The zero-order valence-electron chi connectivity index (χ0n) is 10.7. The van der Waals surface area contributed by atoms with Gasteiger partial charge in [0.15, 0.2) is 5.69 Å². The van der Waals surface area contributed by atoms with Crippen LogP contribution in [0.1, 0.15) is 25.3 Å². The topological polar surface area (TPSA) is 96.4 Å². The van der Waals surface area contributed by atoms with Crippen LogP contribution in [0.15, 0.2) is 16.3 Å². The Kier molecular flexibility index (Phi) is 4.23. The Hall–Kier alpha value is -1.29. The number of carbonyl (C=O) groups is 1. The van der Waals surface area contributed by atoms with Gasteiger partial charge in [-0.1, -0.05) is 0 Å². The highest BCUT2D eigenvalue weighted by Gasteiger charge is 2.19. The zero-order chi connectivity index (χ0) is 14.9. The molecule has 0 atom stereocenters. The van der Waals surface area contributed by atoms with E-state index in [4.69, 9.17) is 5.11 Å². The molecule has 0 aliphatic rings. The SMILES string of the molecule is Cc1cc(S(=O)(=O)NCc2nc(C(=O)O)cs2)c(C)s1. The van der Waals surface area contributed by atoms with Crippen molar-refractivity contribution in [2.75, 3.05) is 0 Å². The summed E-state index contributed by atoms with van der Waals surface area (Å²) in [5.41, 5.74) is -0.0771. The summed E-state index contributed by atoms with van der Waals surface area (Å²) in [7, 11) is -3.60. The molecule has 2 heterocycles. The lowest BCUT2D eigenvalue weighted by molar-refractivity contribution is 0.0691. The maximum absolute atomic E-state index is 12.1. The van der Waals surface area contributed by atoms with E-state index in [-0.39, 0.29) is 17.1 Å². The molecule has 0 fully saturated rings. The van der Waals surface area contributed by atoms with Gasteiger partial charge in [0, 0.05) is 15.1 Å². The minimum atomic E-state index is -3.60. The molecule has 0 spiro atoms. The van der Waals surface area contributed by atoms with Gasteiger partial charge < -0.3 is 5.11 Å². The minimum absolute atomic E-state index is 0.0192. The van der Waals surface area contributed by atoms with E-state index in [1.54, 1.807) is 13.0 Å². The highest BCUT2D eigenvalue weighted by molar-refractivity contribution is 7.89. The number of aryl methyl sites for hydroxylation is 2. The van der Waals surface area contributed by atoms with Gasteiger partial charge in [0.05, 0.1) is 11.4 Å². The Bertz CT molecular complexity index is 746. The maximum atomic E-state index is 12.1. The number of rotatable bonds is 5. The molecule has 0 unspecified atom stereocenters. The quantitative estimate of drug-likeness (QED) is 0.873. The van der Waals surface area contributed by atoms with Crippen molar-refractivity contribution in [3.05, 3.63) is 31.9 Å². The molecule has 0 aromatic carbocycles. The average molecular weight is 332 g/mol.